The van der Waals surface area contributed by atoms with Crippen molar-refractivity contribution in [2.45, 2.75) is 18.9 Å². The average Bonchev–Trinajstić information content (AvgIpc) is 2.81. The molecular formula is C8H7FINO. The predicted octanol–water partition coefficient (Wildman–Crippen LogP) is 2.37. The molecule has 1 fully saturated rings. The van der Waals surface area contributed by atoms with Crippen molar-refractivity contribution in [1.29, 1.82) is 0 Å². The Morgan fingerprint density at radius 2 is 2.33 bits per heavy atom. The lowest BCUT2D eigenvalue weighted by atomic mass is 10.4. The van der Waals surface area contributed by atoms with Gasteiger partial charge in [0.2, 0.25) is 0 Å². The lowest BCUT2D eigenvalue weighted by molar-refractivity contribution is 0.286. The fraction of sp³-hybridized carbons (Fsp3) is 0.375. The number of nitrogens with zero attached hydrogens (tertiary/aromatic N) is 1. The van der Waals surface area contributed by atoms with Crippen LogP contribution < -0.4 is 4.74 Å². The van der Waals surface area contributed by atoms with E-state index in [1.807, 2.05) is 22.6 Å². The highest BCUT2D eigenvalue weighted by Crippen LogP contribution is 2.28. The van der Waals surface area contributed by atoms with Crippen molar-refractivity contribution >= 4 is 22.6 Å². The first-order valence-electron chi connectivity index (χ1n) is 3.73. The molecule has 1 saturated carbocycles. The molecule has 1 heterocycles. The van der Waals surface area contributed by atoms with Gasteiger partial charge in [0.1, 0.15) is 3.70 Å². The van der Waals surface area contributed by atoms with Crippen molar-refractivity contribution in [3.8, 4) is 5.75 Å². The highest BCUT2D eigenvalue weighted by molar-refractivity contribution is 14.1. The molecule has 1 aliphatic carbocycles. The van der Waals surface area contributed by atoms with Gasteiger partial charge in [0, 0.05) is 6.07 Å². The molecule has 0 amide bonds. The van der Waals surface area contributed by atoms with Crippen LogP contribution in [0.15, 0.2) is 12.3 Å². The molecule has 0 aliphatic heterocycles. The summed E-state index contributed by atoms with van der Waals surface area (Å²) in [5.74, 6) is -0.0424. The van der Waals surface area contributed by atoms with E-state index in [1.54, 1.807) is 6.07 Å². The zero-order valence-electron chi connectivity index (χ0n) is 6.26. The second kappa shape index (κ2) is 3.16. The minimum Gasteiger partial charge on any atom is -0.487 e. The number of aromatic nitrogens is 1. The molecule has 0 saturated heterocycles. The minimum atomic E-state index is -0.373. The van der Waals surface area contributed by atoms with Crippen LogP contribution in [0.4, 0.5) is 4.39 Å². The molecule has 0 bridgehead atoms. The fourth-order valence-electron chi connectivity index (χ4n) is 0.852. The first kappa shape index (κ1) is 8.22. The standard InChI is InChI=1S/C8H7FINO/c9-6-4-11-8(10)3-7(6)12-5-1-2-5/h3-5H,1-2H2. The van der Waals surface area contributed by atoms with Crippen LogP contribution in [-0.2, 0) is 0 Å². The predicted molar refractivity (Wildman–Crippen MR) is 50.6 cm³/mol. The SMILES string of the molecule is Fc1cnc(I)cc1OC1CC1. The fourth-order valence-corrected chi connectivity index (χ4v) is 1.27. The lowest BCUT2D eigenvalue weighted by Gasteiger charge is -2.04. The first-order chi connectivity index (χ1) is 5.75. The monoisotopic (exact) mass is 279 g/mol. The van der Waals surface area contributed by atoms with E-state index in [-0.39, 0.29) is 11.9 Å². The molecular weight excluding hydrogens is 272 g/mol. The third-order valence-electron chi connectivity index (χ3n) is 1.60. The van der Waals surface area contributed by atoms with Gasteiger partial charge in [0.25, 0.3) is 0 Å². The van der Waals surface area contributed by atoms with Crippen molar-refractivity contribution in [1.82, 2.24) is 4.98 Å². The summed E-state index contributed by atoms with van der Waals surface area (Å²) in [6.45, 7) is 0. The van der Waals surface area contributed by atoms with Crippen molar-refractivity contribution in [3.63, 3.8) is 0 Å². The maximum absolute atomic E-state index is 13.0. The van der Waals surface area contributed by atoms with Gasteiger partial charge in [-0.25, -0.2) is 9.37 Å². The molecule has 4 heteroatoms. The highest BCUT2D eigenvalue weighted by atomic mass is 127. The second-order valence-electron chi connectivity index (χ2n) is 2.75. The van der Waals surface area contributed by atoms with Crippen LogP contribution >= 0.6 is 22.6 Å². The van der Waals surface area contributed by atoms with Crippen molar-refractivity contribution < 1.29 is 9.13 Å². The Bertz CT molecular complexity index is 301. The molecule has 1 aromatic heterocycles. The third kappa shape index (κ3) is 1.85. The summed E-state index contributed by atoms with van der Waals surface area (Å²) in [7, 11) is 0. The van der Waals surface area contributed by atoms with E-state index in [2.05, 4.69) is 4.98 Å². The molecule has 1 aromatic rings. The van der Waals surface area contributed by atoms with Crippen LogP contribution in [0.5, 0.6) is 5.75 Å². The van der Waals surface area contributed by atoms with Crippen LogP contribution in [0, 0.1) is 9.52 Å². The molecule has 2 rings (SSSR count). The molecule has 0 unspecified atom stereocenters. The van der Waals surface area contributed by atoms with Gasteiger partial charge in [-0.1, -0.05) is 0 Å². The number of hydrogen-bond acceptors (Lipinski definition) is 2. The van der Waals surface area contributed by atoms with E-state index in [9.17, 15) is 4.39 Å². The van der Waals surface area contributed by atoms with Gasteiger partial charge in [0.15, 0.2) is 11.6 Å². The van der Waals surface area contributed by atoms with Gasteiger partial charge in [0.05, 0.1) is 12.3 Å². The summed E-state index contributed by atoms with van der Waals surface area (Å²) in [6.07, 6.45) is 3.51. The largest absolute Gasteiger partial charge is 0.487 e. The van der Waals surface area contributed by atoms with Crippen molar-refractivity contribution in [3.05, 3.63) is 21.8 Å². The molecule has 12 heavy (non-hydrogen) atoms. The van der Waals surface area contributed by atoms with E-state index < -0.39 is 0 Å². The highest BCUT2D eigenvalue weighted by Gasteiger charge is 2.24. The van der Waals surface area contributed by atoms with Gasteiger partial charge >= 0.3 is 0 Å². The molecule has 0 N–H and O–H groups in total. The molecule has 0 radical (unpaired) electrons. The van der Waals surface area contributed by atoms with E-state index in [0.717, 1.165) is 16.5 Å². The zero-order valence-corrected chi connectivity index (χ0v) is 8.42. The Morgan fingerprint density at radius 3 is 3.00 bits per heavy atom. The summed E-state index contributed by atoms with van der Waals surface area (Å²) < 4.78 is 19.0. The molecule has 1 aliphatic rings. The summed E-state index contributed by atoms with van der Waals surface area (Å²) in [6, 6.07) is 1.62. The van der Waals surface area contributed by atoms with E-state index >= 15 is 0 Å². The third-order valence-corrected chi connectivity index (χ3v) is 2.19. The quantitative estimate of drug-likeness (QED) is 0.612. The number of pyridine rings is 1. The summed E-state index contributed by atoms with van der Waals surface area (Å²) in [5, 5.41) is 0. The summed E-state index contributed by atoms with van der Waals surface area (Å²) in [4.78, 5) is 3.80. The van der Waals surface area contributed by atoms with Crippen molar-refractivity contribution in [2.24, 2.45) is 0 Å². The summed E-state index contributed by atoms with van der Waals surface area (Å²) in [5.41, 5.74) is 0. The Kier molecular flexibility index (Phi) is 2.16. The number of halogens is 2. The Hall–Kier alpha value is -0.390. The van der Waals surface area contributed by atoms with Crippen LogP contribution in [-0.4, -0.2) is 11.1 Å². The lowest BCUT2D eigenvalue weighted by Crippen LogP contribution is -1.99. The number of hydrogen-bond donors (Lipinski definition) is 0. The summed E-state index contributed by atoms with van der Waals surface area (Å²) >= 11 is 2.03. The normalized spacial score (nSPS) is 16.2. The molecule has 2 nitrogen and oxygen atoms in total. The zero-order chi connectivity index (χ0) is 8.55. The first-order valence-corrected chi connectivity index (χ1v) is 4.81. The second-order valence-corrected chi connectivity index (χ2v) is 3.86. The van der Waals surface area contributed by atoms with E-state index in [4.69, 9.17) is 4.74 Å². The van der Waals surface area contributed by atoms with Crippen LogP contribution in [0.1, 0.15) is 12.8 Å². The van der Waals surface area contributed by atoms with Crippen LogP contribution in [0.2, 0.25) is 0 Å². The molecule has 0 aromatic carbocycles. The van der Waals surface area contributed by atoms with Gasteiger partial charge < -0.3 is 4.74 Å². The van der Waals surface area contributed by atoms with Crippen LogP contribution in [0.3, 0.4) is 0 Å². The molecule has 64 valence electrons. The van der Waals surface area contributed by atoms with Gasteiger partial charge in [-0.3, -0.25) is 0 Å². The number of rotatable bonds is 2. The number of ether oxygens (including phenoxy) is 1. The smallest absolute Gasteiger partial charge is 0.183 e. The van der Waals surface area contributed by atoms with Gasteiger partial charge in [-0.15, -0.1) is 0 Å². The van der Waals surface area contributed by atoms with E-state index in [1.165, 1.54) is 6.20 Å². The van der Waals surface area contributed by atoms with E-state index in [0.29, 0.717) is 5.75 Å². The minimum absolute atomic E-state index is 0.234. The van der Waals surface area contributed by atoms with Gasteiger partial charge in [-0.2, -0.15) is 0 Å². The van der Waals surface area contributed by atoms with Crippen molar-refractivity contribution in [2.75, 3.05) is 0 Å². The Labute approximate surface area is 83.3 Å². The van der Waals surface area contributed by atoms with Gasteiger partial charge in [-0.05, 0) is 35.4 Å². The average molecular weight is 279 g/mol. The van der Waals surface area contributed by atoms with Crippen LogP contribution in [0.25, 0.3) is 0 Å². The molecule has 0 spiro atoms. The maximum Gasteiger partial charge on any atom is 0.183 e. The molecule has 0 atom stereocenters. The topological polar surface area (TPSA) is 22.1 Å². The Morgan fingerprint density at radius 1 is 1.58 bits per heavy atom. The Balaban J connectivity index is 2.21. The maximum atomic E-state index is 13.0.